The average Bonchev–Trinajstić information content (AvgIpc) is 2.64. The van der Waals surface area contributed by atoms with Crippen molar-refractivity contribution in [1.82, 2.24) is 0 Å². The van der Waals surface area contributed by atoms with E-state index in [1.54, 1.807) is 5.57 Å². The van der Waals surface area contributed by atoms with Crippen molar-refractivity contribution in [2.24, 2.45) is 0 Å². The van der Waals surface area contributed by atoms with Crippen LogP contribution in [0.2, 0.25) is 0 Å². The number of hydrogen-bond acceptors (Lipinski definition) is 0. The lowest BCUT2D eigenvalue weighted by Crippen LogP contribution is -1.93. The highest BCUT2D eigenvalue weighted by molar-refractivity contribution is 5.38. The first-order valence-electron chi connectivity index (χ1n) is 11.9. The molecule has 0 heterocycles. The van der Waals surface area contributed by atoms with E-state index in [0.29, 0.717) is 0 Å². The largest absolute Gasteiger partial charge is 0.0839 e. The summed E-state index contributed by atoms with van der Waals surface area (Å²) in [6, 6.07) is 0. The van der Waals surface area contributed by atoms with E-state index in [2.05, 4.69) is 24.3 Å². The van der Waals surface area contributed by atoms with E-state index in [4.69, 9.17) is 0 Å². The highest BCUT2D eigenvalue weighted by atomic mass is 14.1. The molecule has 0 aromatic heterocycles. The summed E-state index contributed by atoms with van der Waals surface area (Å²) >= 11 is 0. The van der Waals surface area contributed by atoms with Gasteiger partial charge in [-0.05, 0) is 68.6 Å². The third kappa shape index (κ3) is 10.4. The summed E-state index contributed by atoms with van der Waals surface area (Å²) in [6.45, 7) is 0. The van der Waals surface area contributed by atoms with Crippen molar-refractivity contribution in [3.8, 4) is 0 Å². The van der Waals surface area contributed by atoms with Gasteiger partial charge in [0.05, 0.1) is 0 Å². The molecule has 0 saturated heterocycles. The van der Waals surface area contributed by atoms with E-state index < -0.39 is 0 Å². The fourth-order valence-electron chi connectivity index (χ4n) is 4.30. The van der Waals surface area contributed by atoms with Crippen LogP contribution in [0, 0.1) is 6.08 Å². The molecule has 0 N–H and O–H groups in total. The van der Waals surface area contributed by atoms with Crippen LogP contribution in [0.15, 0.2) is 29.4 Å². The Morgan fingerprint density at radius 3 is 1.77 bits per heavy atom. The van der Waals surface area contributed by atoms with Crippen LogP contribution in [-0.2, 0) is 0 Å². The van der Waals surface area contributed by atoms with Gasteiger partial charge in [-0.25, -0.2) is 0 Å². The normalized spacial score (nSPS) is 28.9. The fourth-order valence-corrected chi connectivity index (χ4v) is 4.30. The lowest BCUT2D eigenvalue weighted by Gasteiger charge is -2.12. The van der Waals surface area contributed by atoms with Gasteiger partial charge < -0.3 is 0 Å². The standard InChI is InChI=1S/C26H43/c1-2-5-9-13-17-21-25(22-18-14-10-6-3-1)26-23-19-15-11-7-4-8-12-16-20-24-26/h19,21,23H,1-18,20,22H2/b23-19+,25-21+,26-24?. The van der Waals surface area contributed by atoms with Gasteiger partial charge in [-0.2, -0.15) is 0 Å². The first-order valence-corrected chi connectivity index (χ1v) is 11.9. The fraction of sp³-hybridized carbons (Fsp3) is 0.769. The predicted octanol–water partition coefficient (Wildman–Crippen LogP) is 9.03. The Kier molecular flexibility index (Phi) is 12.7. The molecular formula is C26H43. The molecule has 0 heteroatoms. The van der Waals surface area contributed by atoms with Crippen LogP contribution in [0.25, 0.3) is 0 Å². The number of hydrogen-bond donors (Lipinski definition) is 0. The summed E-state index contributed by atoms with van der Waals surface area (Å²) in [4.78, 5) is 0. The summed E-state index contributed by atoms with van der Waals surface area (Å²) in [6.07, 6.45) is 38.8. The molecule has 0 unspecified atom stereocenters. The van der Waals surface area contributed by atoms with Crippen LogP contribution in [0.5, 0.6) is 0 Å². The smallest absolute Gasteiger partial charge is 0.0196 e. The third-order valence-electron chi connectivity index (χ3n) is 6.03. The zero-order valence-corrected chi connectivity index (χ0v) is 17.4. The molecule has 0 atom stereocenters. The molecule has 147 valence electrons. The molecule has 26 heavy (non-hydrogen) atoms. The van der Waals surface area contributed by atoms with Crippen molar-refractivity contribution in [2.75, 3.05) is 0 Å². The monoisotopic (exact) mass is 355 g/mol. The van der Waals surface area contributed by atoms with E-state index in [-0.39, 0.29) is 0 Å². The van der Waals surface area contributed by atoms with Gasteiger partial charge >= 0.3 is 0 Å². The van der Waals surface area contributed by atoms with Crippen molar-refractivity contribution in [1.29, 1.82) is 0 Å². The second-order valence-corrected chi connectivity index (χ2v) is 8.46. The van der Waals surface area contributed by atoms with E-state index in [1.807, 2.05) is 0 Å². The van der Waals surface area contributed by atoms with Gasteiger partial charge in [0.1, 0.15) is 0 Å². The van der Waals surface area contributed by atoms with Crippen LogP contribution in [0.1, 0.15) is 128 Å². The predicted molar refractivity (Wildman–Crippen MR) is 116 cm³/mol. The van der Waals surface area contributed by atoms with Gasteiger partial charge in [-0.3, -0.25) is 0 Å². The highest BCUT2D eigenvalue weighted by Crippen LogP contribution is 2.24. The summed E-state index contributed by atoms with van der Waals surface area (Å²) < 4.78 is 0. The van der Waals surface area contributed by atoms with Crippen LogP contribution in [0.4, 0.5) is 0 Å². The zero-order valence-electron chi connectivity index (χ0n) is 17.4. The molecule has 0 aliphatic heterocycles. The molecular weight excluding hydrogens is 312 g/mol. The van der Waals surface area contributed by atoms with Crippen LogP contribution in [0.3, 0.4) is 0 Å². The second-order valence-electron chi connectivity index (χ2n) is 8.46. The number of allylic oxidation sites excluding steroid dienone is 6. The Hall–Kier alpha value is -0.780. The SMILES string of the molecule is [C]1=C(/C2=C/CCCCCCCCCCCC2)\C=C\CCCCCCCC/1. The van der Waals surface area contributed by atoms with Crippen molar-refractivity contribution in [2.45, 2.75) is 128 Å². The molecule has 0 fully saturated rings. The third-order valence-corrected chi connectivity index (χ3v) is 6.03. The molecule has 2 aliphatic carbocycles. The summed E-state index contributed by atoms with van der Waals surface area (Å²) in [5.41, 5.74) is 3.05. The van der Waals surface area contributed by atoms with Crippen molar-refractivity contribution >= 4 is 0 Å². The van der Waals surface area contributed by atoms with E-state index in [1.165, 1.54) is 128 Å². The quantitative estimate of drug-likeness (QED) is 0.440. The Morgan fingerprint density at radius 1 is 0.538 bits per heavy atom. The van der Waals surface area contributed by atoms with Crippen LogP contribution < -0.4 is 0 Å². The van der Waals surface area contributed by atoms with Crippen molar-refractivity contribution < 1.29 is 0 Å². The lowest BCUT2D eigenvalue weighted by molar-refractivity contribution is 0.548. The van der Waals surface area contributed by atoms with Crippen molar-refractivity contribution in [3.63, 3.8) is 0 Å². The molecule has 0 aromatic carbocycles. The Bertz CT molecular complexity index is 423. The summed E-state index contributed by atoms with van der Waals surface area (Å²) in [5, 5.41) is 0. The minimum absolute atomic E-state index is 1.15. The second kappa shape index (κ2) is 15.3. The number of rotatable bonds is 1. The van der Waals surface area contributed by atoms with Crippen LogP contribution >= 0.6 is 0 Å². The minimum Gasteiger partial charge on any atom is -0.0839 e. The molecule has 2 rings (SSSR count). The Morgan fingerprint density at radius 2 is 1.08 bits per heavy atom. The maximum Gasteiger partial charge on any atom is -0.0196 e. The molecule has 0 amide bonds. The molecule has 0 nitrogen and oxygen atoms in total. The Labute approximate surface area is 164 Å². The topological polar surface area (TPSA) is 0 Å². The van der Waals surface area contributed by atoms with E-state index in [9.17, 15) is 0 Å². The average molecular weight is 356 g/mol. The summed E-state index contributed by atoms with van der Waals surface area (Å²) in [5.74, 6) is 0. The Balaban J connectivity index is 1.99. The maximum atomic E-state index is 3.80. The molecule has 1 radical (unpaired) electrons. The van der Waals surface area contributed by atoms with Gasteiger partial charge in [0.25, 0.3) is 0 Å². The lowest BCUT2D eigenvalue weighted by atomic mass is 9.94. The van der Waals surface area contributed by atoms with Gasteiger partial charge in [-0.15, -0.1) is 0 Å². The van der Waals surface area contributed by atoms with Crippen molar-refractivity contribution in [3.05, 3.63) is 35.5 Å². The molecule has 0 spiro atoms. The minimum atomic E-state index is 1.15. The van der Waals surface area contributed by atoms with Crippen LogP contribution in [-0.4, -0.2) is 0 Å². The van der Waals surface area contributed by atoms with Gasteiger partial charge in [0, 0.05) is 0 Å². The van der Waals surface area contributed by atoms with Gasteiger partial charge in [0.2, 0.25) is 0 Å². The zero-order chi connectivity index (χ0) is 18.1. The molecule has 0 saturated carbocycles. The molecule has 2 aliphatic rings. The molecule has 0 bridgehead atoms. The van der Waals surface area contributed by atoms with Gasteiger partial charge in [0.15, 0.2) is 0 Å². The first-order chi connectivity index (χ1) is 13.0. The van der Waals surface area contributed by atoms with E-state index in [0.717, 1.165) is 6.42 Å². The maximum absolute atomic E-state index is 3.80. The summed E-state index contributed by atoms with van der Waals surface area (Å²) in [7, 11) is 0. The molecule has 0 aromatic rings. The van der Waals surface area contributed by atoms with E-state index >= 15 is 0 Å². The highest BCUT2D eigenvalue weighted by Gasteiger charge is 2.05. The van der Waals surface area contributed by atoms with Gasteiger partial charge in [-0.1, -0.05) is 95.3 Å². The first kappa shape index (κ1) is 21.5.